The Bertz CT molecular complexity index is 2170. The van der Waals surface area contributed by atoms with Gasteiger partial charge in [0, 0.05) is 57.8 Å². The first-order chi connectivity index (χ1) is 36.5. The SMILES string of the molecule is CCC(=O)OC(OC(=O)CC)(OC(=O)CC)C(OC(=O)CC)(OC(=O)CC)C(=O)OC(O)(OC(=O)C(C)C1(O)O[C@H](CO)[C@@H](O)[C@H](O)[C@H]1O)[C@](O)(OC(=O)CC)[C@](O)(OC(=O)CC)[C@](O)(OC(=O)CC)[C@](O)(CO)OC(=O)CC. The first kappa shape index (κ1) is 70.7. The molecule has 1 heterocycles. The van der Waals surface area contributed by atoms with Crippen molar-refractivity contribution in [2.75, 3.05) is 13.2 Å². The van der Waals surface area contributed by atoms with E-state index in [1.54, 1.807) is 0 Å². The Kier molecular flexibility index (Phi) is 25.2. The molecule has 0 aromatic carbocycles. The van der Waals surface area contributed by atoms with Gasteiger partial charge < -0.3 is 113 Å². The number of ether oxygens (including phenoxy) is 12. The summed E-state index contributed by atoms with van der Waals surface area (Å²) in [6.45, 7) is 4.74. The molecule has 0 aromatic rings. The topological polar surface area (TPSA) is 521 Å². The highest BCUT2D eigenvalue weighted by atomic mass is 17.0. The zero-order valence-corrected chi connectivity index (χ0v) is 44.5. The lowest BCUT2D eigenvalue weighted by atomic mass is 9.85. The fourth-order valence-electron chi connectivity index (χ4n) is 6.34. The lowest BCUT2D eigenvalue weighted by Gasteiger charge is -2.54. The lowest BCUT2D eigenvalue weighted by Crippen LogP contribution is -2.86. The highest BCUT2D eigenvalue weighted by Gasteiger charge is 2.89. The first-order valence-electron chi connectivity index (χ1n) is 24.2. The van der Waals surface area contributed by atoms with E-state index in [4.69, 9.17) is 52.1 Å². The van der Waals surface area contributed by atoms with Gasteiger partial charge in [0.25, 0.3) is 0 Å². The van der Waals surface area contributed by atoms with E-state index < -0.39 is 214 Å². The minimum atomic E-state index is -5.93. The standard InChI is InChI=1S/C45H68O34/c1-11-24(48)69-38(62,21-47)41(64,72-27(51)14-4)42(65,73-28(52)15-5)43(66,74-29(53)16-6)44(67,78-36(60)22(10)39(63)35(59)34(58)33(57)23(20-46)68-39)79-37(61)40(70-25(49)12-2,71-26(50)13-3)45(75-30(54)17-7,76-31(55)18-8)77-32(56)19-9/h22-23,33-35,46-47,57-59,62-67H,11-21H2,1-10H3/t22?,23-,33-,34+,35-,38+,39?,41-,42-,43-,44?/m1/s1. The normalized spacial score (nSPS) is 22.5. The van der Waals surface area contributed by atoms with Crippen LogP contribution in [-0.2, 0) is 110 Å². The third-order valence-corrected chi connectivity index (χ3v) is 11.1. The summed E-state index contributed by atoms with van der Waals surface area (Å²) in [5.74, 6) is -67.5. The van der Waals surface area contributed by atoms with Crippen molar-refractivity contribution in [3.63, 3.8) is 0 Å². The Morgan fingerprint density at radius 3 is 1.14 bits per heavy atom. The average molecular weight is 1150 g/mol. The van der Waals surface area contributed by atoms with Crippen molar-refractivity contribution in [1.82, 2.24) is 0 Å². The second kappa shape index (κ2) is 28.2. The van der Waals surface area contributed by atoms with Gasteiger partial charge in [0.1, 0.15) is 36.9 Å². The van der Waals surface area contributed by atoms with Crippen LogP contribution in [0.1, 0.15) is 127 Å². The number of aliphatic hydroxyl groups is 11. The van der Waals surface area contributed by atoms with Crippen molar-refractivity contribution in [3.8, 4) is 0 Å². The van der Waals surface area contributed by atoms with Gasteiger partial charge in [-0.2, -0.15) is 0 Å². The predicted molar refractivity (Wildman–Crippen MR) is 241 cm³/mol. The van der Waals surface area contributed by atoms with E-state index in [9.17, 15) is 104 Å². The third kappa shape index (κ3) is 14.4. The summed E-state index contributed by atoms with van der Waals surface area (Å²) in [5, 5.41) is 128. The summed E-state index contributed by atoms with van der Waals surface area (Å²) in [5.41, 5.74) is 0. The minimum absolute atomic E-state index is 0.376. The minimum Gasteiger partial charge on any atom is -0.423 e. The van der Waals surface area contributed by atoms with E-state index in [1.807, 2.05) is 0 Å². The molecule has 0 radical (unpaired) electrons. The summed E-state index contributed by atoms with van der Waals surface area (Å²) in [6, 6.07) is 0. The van der Waals surface area contributed by atoms with E-state index in [2.05, 4.69) is 4.74 Å². The molecule has 0 spiro atoms. The lowest BCUT2D eigenvalue weighted by molar-refractivity contribution is -0.560. The zero-order valence-electron chi connectivity index (χ0n) is 44.5. The maximum absolute atomic E-state index is 15.6. The van der Waals surface area contributed by atoms with E-state index in [0.717, 1.165) is 62.3 Å². The van der Waals surface area contributed by atoms with Crippen LogP contribution in [0.5, 0.6) is 0 Å². The van der Waals surface area contributed by atoms with Gasteiger partial charge in [-0.05, 0) is 6.92 Å². The molecular formula is C45H68O34. The molecule has 0 amide bonds. The Labute approximate surface area is 448 Å². The van der Waals surface area contributed by atoms with Crippen LogP contribution in [0.4, 0.5) is 0 Å². The van der Waals surface area contributed by atoms with Crippen LogP contribution in [0.2, 0.25) is 0 Å². The van der Waals surface area contributed by atoms with Crippen LogP contribution in [0, 0.1) is 5.92 Å². The van der Waals surface area contributed by atoms with Crippen molar-refractivity contribution in [2.24, 2.45) is 5.92 Å². The molecule has 34 heteroatoms. The molecule has 79 heavy (non-hydrogen) atoms. The van der Waals surface area contributed by atoms with Gasteiger partial charge in [0.15, 0.2) is 0 Å². The van der Waals surface area contributed by atoms with Gasteiger partial charge in [0.05, 0.1) is 6.61 Å². The number of hydrogen-bond donors (Lipinski definition) is 11. The fourth-order valence-corrected chi connectivity index (χ4v) is 6.34. The maximum Gasteiger partial charge on any atom is 0.519 e. The highest BCUT2D eigenvalue weighted by Crippen LogP contribution is 2.51. The zero-order chi connectivity index (χ0) is 61.5. The molecule has 1 aliphatic heterocycles. The van der Waals surface area contributed by atoms with E-state index in [1.165, 1.54) is 0 Å². The van der Waals surface area contributed by atoms with Gasteiger partial charge in [-0.25, -0.2) is 4.79 Å². The molecule has 34 nitrogen and oxygen atoms in total. The van der Waals surface area contributed by atoms with Crippen LogP contribution in [0.15, 0.2) is 0 Å². The van der Waals surface area contributed by atoms with Gasteiger partial charge >= 0.3 is 107 Å². The van der Waals surface area contributed by atoms with E-state index in [-0.39, 0.29) is 0 Å². The average Bonchev–Trinajstić information content (AvgIpc) is 3.41. The third-order valence-electron chi connectivity index (χ3n) is 11.1. The van der Waals surface area contributed by atoms with Crippen LogP contribution >= 0.6 is 0 Å². The summed E-state index contributed by atoms with van der Waals surface area (Å²) < 4.78 is 59.8. The van der Waals surface area contributed by atoms with E-state index in [0.29, 0.717) is 6.92 Å². The van der Waals surface area contributed by atoms with Crippen molar-refractivity contribution in [1.29, 1.82) is 0 Å². The summed E-state index contributed by atoms with van der Waals surface area (Å²) in [4.78, 5) is 151. The Hall–Kier alpha value is -6.31. The Morgan fingerprint density at radius 1 is 0.456 bits per heavy atom. The Balaban J connectivity index is 5.41. The second-order valence-corrected chi connectivity index (χ2v) is 16.6. The second-order valence-electron chi connectivity index (χ2n) is 16.6. The smallest absolute Gasteiger partial charge is 0.423 e. The van der Waals surface area contributed by atoms with Gasteiger partial charge in [0.2, 0.25) is 5.79 Å². The molecule has 1 fully saturated rings. The number of esters is 11. The molecule has 0 saturated carbocycles. The van der Waals surface area contributed by atoms with Crippen LogP contribution in [0.25, 0.3) is 0 Å². The number of aliphatic hydroxyl groups excluding tert-OH is 5. The molecule has 1 rings (SSSR count). The molecule has 0 aromatic heterocycles. The number of rotatable bonds is 30. The molecule has 0 aliphatic carbocycles. The fraction of sp³-hybridized carbons (Fsp3) is 0.756. The van der Waals surface area contributed by atoms with Gasteiger partial charge in [-0.1, -0.05) is 62.3 Å². The van der Waals surface area contributed by atoms with Crippen LogP contribution in [-0.4, -0.2) is 206 Å². The number of carbonyl (C=O) groups excluding carboxylic acids is 11. The number of carbonyl (C=O) groups is 11. The molecule has 11 atom stereocenters. The predicted octanol–water partition coefficient (Wildman–Crippen LogP) is -4.81. The molecule has 452 valence electrons. The molecule has 1 saturated heterocycles. The maximum atomic E-state index is 15.6. The van der Waals surface area contributed by atoms with E-state index >= 15 is 4.79 Å². The van der Waals surface area contributed by atoms with Crippen molar-refractivity contribution < 1.29 is 166 Å². The molecule has 11 N–H and O–H groups in total. The van der Waals surface area contributed by atoms with Gasteiger partial charge in [-0.15, -0.1) is 0 Å². The van der Waals surface area contributed by atoms with Crippen LogP contribution < -0.4 is 0 Å². The molecule has 3 unspecified atom stereocenters. The Morgan fingerprint density at radius 2 is 0.785 bits per heavy atom. The largest absolute Gasteiger partial charge is 0.519 e. The summed E-state index contributed by atoms with van der Waals surface area (Å²) >= 11 is 0. The highest BCUT2D eigenvalue weighted by molar-refractivity contribution is 5.88. The summed E-state index contributed by atoms with van der Waals surface area (Å²) in [6.07, 6.45) is -19.5. The number of hydrogen-bond acceptors (Lipinski definition) is 34. The summed E-state index contributed by atoms with van der Waals surface area (Å²) in [7, 11) is 0. The molecule has 1 aliphatic rings. The first-order valence-corrected chi connectivity index (χ1v) is 24.2. The molecular weight excluding hydrogens is 1080 g/mol. The van der Waals surface area contributed by atoms with Gasteiger partial charge in [-0.3, -0.25) is 47.9 Å². The van der Waals surface area contributed by atoms with Crippen LogP contribution in [0.3, 0.4) is 0 Å². The van der Waals surface area contributed by atoms with Crippen molar-refractivity contribution in [3.05, 3.63) is 0 Å². The van der Waals surface area contributed by atoms with Crippen molar-refractivity contribution in [2.45, 2.75) is 198 Å². The quantitative estimate of drug-likeness (QED) is 0.0183. The van der Waals surface area contributed by atoms with Crippen molar-refractivity contribution >= 4 is 65.7 Å². The molecule has 0 bridgehead atoms. The monoisotopic (exact) mass is 1150 g/mol.